The van der Waals surface area contributed by atoms with E-state index in [0.29, 0.717) is 11.8 Å². The zero-order valence-corrected chi connectivity index (χ0v) is 17.2. The summed E-state index contributed by atoms with van der Waals surface area (Å²) in [6.45, 7) is 15.7. The van der Waals surface area contributed by atoms with Gasteiger partial charge in [-0.25, -0.2) is 9.97 Å². The van der Waals surface area contributed by atoms with E-state index in [9.17, 15) is 0 Å². The van der Waals surface area contributed by atoms with Crippen LogP contribution in [0, 0.1) is 25.7 Å². The SMILES string of the molecule is Cc1sc2nc(CN3CCOCC3)nc(N3C[C@H](C)C[C@@H](C)C3)c2c1C. The Morgan fingerprint density at radius 2 is 1.77 bits per heavy atom. The molecule has 0 unspecified atom stereocenters. The number of aromatic nitrogens is 2. The van der Waals surface area contributed by atoms with E-state index < -0.39 is 0 Å². The molecule has 4 rings (SSSR count). The molecule has 0 aromatic carbocycles. The Balaban J connectivity index is 1.73. The Hall–Kier alpha value is -1.24. The maximum atomic E-state index is 5.48. The molecule has 6 heteroatoms. The summed E-state index contributed by atoms with van der Waals surface area (Å²) in [4.78, 5) is 17.5. The van der Waals surface area contributed by atoms with Gasteiger partial charge < -0.3 is 9.64 Å². The van der Waals surface area contributed by atoms with Crippen molar-refractivity contribution in [1.82, 2.24) is 14.9 Å². The Morgan fingerprint density at radius 1 is 1.08 bits per heavy atom. The van der Waals surface area contributed by atoms with Crippen LogP contribution < -0.4 is 4.90 Å². The molecule has 142 valence electrons. The smallest absolute Gasteiger partial charge is 0.146 e. The van der Waals surface area contributed by atoms with Crippen molar-refractivity contribution in [2.75, 3.05) is 44.3 Å². The summed E-state index contributed by atoms with van der Waals surface area (Å²) in [5.74, 6) is 3.55. The van der Waals surface area contributed by atoms with E-state index in [1.54, 1.807) is 0 Å². The Morgan fingerprint density at radius 3 is 2.46 bits per heavy atom. The van der Waals surface area contributed by atoms with Crippen molar-refractivity contribution in [2.24, 2.45) is 11.8 Å². The molecule has 0 radical (unpaired) electrons. The summed E-state index contributed by atoms with van der Waals surface area (Å²) < 4.78 is 5.48. The normalized spacial score (nSPS) is 25.2. The minimum Gasteiger partial charge on any atom is -0.379 e. The molecule has 2 aliphatic heterocycles. The zero-order valence-electron chi connectivity index (χ0n) is 16.4. The topological polar surface area (TPSA) is 41.5 Å². The number of nitrogens with zero attached hydrogens (tertiary/aromatic N) is 4. The third-order valence-corrected chi connectivity index (χ3v) is 6.79. The fourth-order valence-electron chi connectivity index (χ4n) is 4.37. The molecule has 2 aromatic heterocycles. The average Bonchev–Trinajstić information content (AvgIpc) is 2.88. The molecular formula is C20H30N4OS. The summed E-state index contributed by atoms with van der Waals surface area (Å²) in [7, 11) is 0. The number of anilines is 1. The fraction of sp³-hybridized carbons (Fsp3) is 0.700. The second kappa shape index (κ2) is 7.41. The molecule has 0 spiro atoms. The first kappa shape index (κ1) is 18.1. The molecular weight excluding hydrogens is 344 g/mol. The van der Waals surface area contributed by atoms with Gasteiger partial charge in [-0.1, -0.05) is 13.8 Å². The van der Waals surface area contributed by atoms with Crippen molar-refractivity contribution >= 4 is 27.4 Å². The van der Waals surface area contributed by atoms with Crippen LogP contribution in [0.4, 0.5) is 5.82 Å². The third-order valence-electron chi connectivity index (χ3n) is 5.69. The first-order valence-electron chi connectivity index (χ1n) is 9.83. The molecule has 0 amide bonds. The summed E-state index contributed by atoms with van der Waals surface area (Å²) in [6.07, 6.45) is 1.31. The minimum absolute atomic E-state index is 0.714. The number of hydrogen-bond acceptors (Lipinski definition) is 6. The molecule has 2 aliphatic rings. The lowest BCUT2D eigenvalue weighted by Gasteiger charge is -2.36. The lowest BCUT2D eigenvalue weighted by Crippen LogP contribution is -2.40. The first-order valence-corrected chi connectivity index (χ1v) is 10.6. The van der Waals surface area contributed by atoms with E-state index in [0.717, 1.165) is 56.6 Å². The predicted molar refractivity (Wildman–Crippen MR) is 108 cm³/mol. The second-order valence-corrected chi connectivity index (χ2v) is 9.37. The van der Waals surface area contributed by atoms with Crippen LogP contribution >= 0.6 is 11.3 Å². The zero-order chi connectivity index (χ0) is 18.3. The Kier molecular flexibility index (Phi) is 5.17. The summed E-state index contributed by atoms with van der Waals surface area (Å²) >= 11 is 1.81. The van der Waals surface area contributed by atoms with Crippen LogP contribution in [0.2, 0.25) is 0 Å². The van der Waals surface area contributed by atoms with Gasteiger partial charge in [0.1, 0.15) is 16.5 Å². The highest BCUT2D eigenvalue weighted by Gasteiger charge is 2.26. The number of fused-ring (bicyclic) bond motifs is 1. The van der Waals surface area contributed by atoms with E-state index in [-0.39, 0.29) is 0 Å². The maximum Gasteiger partial charge on any atom is 0.146 e. The highest BCUT2D eigenvalue weighted by atomic mass is 32.1. The molecule has 2 aromatic rings. The molecule has 2 saturated heterocycles. The molecule has 2 atom stereocenters. The number of thiophene rings is 1. The molecule has 0 bridgehead atoms. The van der Waals surface area contributed by atoms with Gasteiger partial charge in [0.25, 0.3) is 0 Å². The molecule has 0 saturated carbocycles. The van der Waals surface area contributed by atoms with Crippen molar-refractivity contribution in [3.63, 3.8) is 0 Å². The fourth-order valence-corrected chi connectivity index (χ4v) is 5.41. The van der Waals surface area contributed by atoms with Crippen LogP contribution in [-0.2, 0) is 11.3 Å². The largest absolute Gasteiger partial charge is 0.379 e. The van der Waals surface area contributed by atoms with E-state index in [4.69, 9.17) is 14.7 Å². The average molecular weight is 375 g/mol. The molecule has 2 fully saturated rings. The molecule has 4 heterocycles. The van der Waals surface area contributed by atoms with Gasteiger partial charge in [0.2, 0.25) is 0 Å². The summed E-state index contributed by atoms with van der Waals surface area (Å²) in [6, 6.07) is 0. The Bertz CT molecular complexity index is 774. The number of piperidine rings is 1. The van der Waals surface area contributed by atoms with Gasteiger partial charge in [0.05, 0.1) is 25.1 Å². The quantitative estimate of drug-likeness (QED) is 0.821. The lowest BCUT2D eigenvalue weighted by atomic mass is 9.92. The number of hydrogen-bond donors (Lipinski definition) is 0. The third kappa shape index (κ3) is 3.59. The van der Waals surface area contributed by atoms with Gasteiger partial charge in [-0.2, -0.15) is 0 Å². The van der Waals surface area contributed by atoms with Gasteiger partial charge in [-0.05, 0) is 37.7 Å². The van der Waals surface area contributed by atoms with Gasteiger partial charge >= 0.3 is 0 Å². The predicted octanol–water partition coefficient (Wildman–Crippen LogP) is 3.62. The van der Waals surface area contributed by atoms with Crippen molar-refractivity contribution < 1.29 is 4.74 Å². The summed E-state index contributed by atoms with van der Waals surface area (Å²) in [5.41, 5.74) is 1.35. The van der Waals surface area contributed by atoms with Crippen molar-refractivity contribution in [3.05, 3.63) is 16.3 Å². The van der Waals surface area contributed by atoms with Crippen molar-refractivity contribution in [1.29, 1.82) is 0 Å². The molecule has 26 heavy (non-hydrogen) atoms. The molecule has 0 N–H and O–H groups in total. The number of morpholine rings is 1. The van der Waals surface area contributed by atoms with E-state index in [2.05, 4.69) is 37.5 Å². The van der Waals surface area contributed by atoms with Crippen LogP contribution in [0.3, 0.4) is 0 Å². The molecule has 5 nitrogen and oxygen atoms in total. The summed E-state index contributed by atoms with van der Waals surface area (Å²) in [5, 5.41) is 1.28. The number of rotatable bonds is 3. The minimum atomic E-state index is 0.714. The van der Waals surface area contributed by atoms with Crippen LogP contribution in [0.5, 0.6) is 0 Å². The van der Waals surface area contributed by atoms with E-state index in [1.165, 1.54) is 28.1 Å². The van der Waals surface area contributed by atoms with Crippen molar-refractivity contribution in [2.45, 2.75) is 40.7 Å². The highest BCUT2D eigenvalue weighted by molar-refractivity contribution is 7.18. The Labute approximate surface area is 160 Å². The lowest BCUT2D eigenvalue weighted by molar-refractivity contribution is 0.0331. The van der Waals surface area contributed by atoms with E-state index >= 15 is 0 Å². The van der Waals surface area contributed by atoms with Crippen molar-refractivity contribution in [3.8, 4) is 0 Å². The second-order valence-electron chi connectivity index (χ2n) is 8.17. The number of ether oxygens (including phenoxy) is 1. The first-order chi connectivity index (χ1) is 12.5. The van der Waals surface area contributed by atoms with E-state index in [1.807, 2.05) is 11.3 Å². The van der Waals surface area contributed by atoms with Gasteiger partial charge in [-0.3, -0.25) is 4.90 Å². The maximum absolute atomic E-state index is 5.48. The standard InChI is InChI=1S/C20H30N4OS/c1-13-9-14(2)11-24(10-13)19-18-15(3)16(4)26-20(18)22-17(21-19)12-23-5-7-25-8-6-23/h13-14H,5-12H2,1-4H3/t13-,14-/m1/s1. The van der Waals surface area contributed by atoms with Gasteiger partial charge in [-0.15, -0.1) is 11.3 Å². The van der Waals surface area contributed by atoms with Gasteiger partial charge in [0, 0.05) is 31.1 Å². The van der Waals surface area contributed by atoms with Crippen LogP contribution in [-0.4, -0.2) is 54.3 Å². The van der Waals surface area contributed by atoms with Gasteiger partial charge in [0.15, 0.2) is 0 Å². The monoisotopic (exact) mass is 374 g/mol. The van der Waals surface area contributed by atoms with Crippen LogP contribution in [0.25, 0.3) is 10.2 Å². The highest BCUT2D eigenvalue weighted by Crippen LogP contribution is 2.37. The number of aryl methyl sites for hydroxylation is 2. The van der Waals surface area contributed by atoms with Crippen LogP contribution in [0.1, 0.15) is 36.5 Å². The van der Waals surface area contributed by atoms with Crippen LogP contribution in [0.15, 0.2) is 0 Å². The molecule has 0 aliphatic carbocycles.